The van der Waals surface area contributed by atoms with Crippen LogP contribution in [0.25, 0.3) is 6.08 Å². The Morgan fingerprint density at radius 2 is 1.29 bits per heavy atom. The summed E-state index contributed by atoms with van der Waals surface area (Å²) in [6.07, 6.45) is 8.72. The highest BCUT2D eigenvalue weighted by Crippen LogP contribution is 2.20. The van der Waals surface area contributed by atoms with Crippen LogP contribution in [0.3, 0.4) is 0 Å². The van der Waals surface area contributed by atoms with Crippen LogP contribution in [0.15, 0.2) is 60.7 Å². The molecule has 162 valence electrons. The minimum atomic E-state index is 0.00315. The lowest BCUT2D eigenvalue weighted by Crippen LogP contribution is -2.50. The van der Waals surface area contributed by atoms with Gasteiger partial charge in [0.05, 0.1) is 0 Å². The van der Waals surface area contributed by atoms with E-state index in [9.17, 15) is 9.59 Å². The van der Waals surface area contributed by atoms with Crippen molar-refractivity contribution < 1.29 is 9.59 Å². The van der Waals surface area contributed by atoms with Crippen LogP contribution in [0.1, 0.15) is 41.6 Å². The highest BCUT2D eigenvalue weighted by atomic mass is 16.2. The first-order valence-electron chi connectivity index (χ1n) is 11.4. The van der Waals surface area contributed by atoms with E-state index in [-0.39, 0.29) is 11.8 Å². The number of amides is 2. The zero-order valence-electron chi connectivity index (χ0n) is 18.1. The van der Waals surface area contributed by atoms with Crippen LogP contribution in [-0.2, 0) is 4.79 Å². The molecule has 2 saturated heterocycles. The number of benzene rings is 2. The number of carbonyl (C=O) groups excluding carboxylic acids is 2. The topological polar surface area (TPSA) is 43.9 Å². The smallest absolute Gasteiger partial charge is 0.253 e. The number of hydrogen-bond donors (Lipinski definition) is 0. The van der Waals surface area contributed by atoms with Gasteiger partial charge in [0.2, 0.25) is 5.91 Å². The first kappa shape index (κ1) is 21.2. The van der Waals surface area contributed by atoms with Gasteiger partial charge in [-0.2, -0.15) is 0 Å². The van der Waals surface area contributed by atoms with Crippen molar-refractivity contribution in [2.24, 2.45) is 0 Å². The lowest BCUT2D eigenvalue weighted by molar-refractivity contribution is -0.127. The summed E-state index contributed by atoms with van der Waals surface area (Å²) in [5, 5.41) is 0. The third-order valence-corrected chi connectivity index (χ3v) is 6.18. The van der Waals surface area contributed by atoms with Gasteiger partial charge < -0.3 is 14.7 Å². The summed E-state index contributed by atoms with van der Waals surface area (Å²) in [5.74, 6) is 0.0381. The predicted molar refractivity (Wildman–Crippen MR) is 125 cm³/mol. The van der Waals surface area contributed by atoms with E-state index < -0.39 is 0 Å². The minimum absolute atomic E-state index is 0.00315. The summed E-state index contributed by atoms with van der Waals surface area (Å²) in [4.78, 5) is 31.3. The van der Waals surface area contributed by atoms with E-state index in [0.29, 0.717) is 31.7 Å². The van der Waals surface area contributed by atoms with Gasteiger partial charge in [-0.3, -0.25) is 9.59 Å². The normalized spacial score (nSPS) is 17.6. The third kappa shape index (κ3) is 5.54. The standard InChI is InChI=1S/C26H31N3O2/c30-25(28-18-20-29(21-19-28)26(31)23-8-4-3-5-9-23)15-12-22-10-13-24(14-11-22)27-16-6-1-2-7-17-27/h3-5,8-15H,1-2,6-7,16-21H2. The third-order valence-electron chi connectivity index (χ3n) is 6.18. The van der Waals surface area contributed by atoms with Crippen LogP contribution >= 0.6 is 0 Å². The summed E-state index contributed by atoms with van der Waals surface area (Å²) >= 11 is 0. The Labute approximate surface area is 184 Å². The van der Waals surface area contributed by atoms with Gasteiger partial charge in [0.15, 0.2) is 0 Å². The largest absolute Gasteiger partial charge is 0.372 e. The van der Waals surface area contributed by atoms with E-state index in [4.69, 9.17) is 0 Å². The molecule has 2 fully saturated rings. The molecule has 0 N–H and O–H groups in total. The van der Waals surface area contributed by atoms with Crippen LogP contribution < -0.4 is 4.90 Å². The van der Waals surface area contributed by atoms with Crippen molar-refractivity contribution in [1.82, 2.24) is 9.80 Å². The van der Waals surface area contributed by atoms with Crippen molar-refractivity contribution in [2.75, 3.05) is 44.2 Å². The van der Waals surface area contributed by atoms with Gasteiger partial charge in [-0.15, -0.1) is 0 Å². The average molecular weight is 418 g/mol. The second kappa shape index (κ2) is 10.3. The molecular weight excluding hydrogens is 386 g/mol. The van der Waals surface area contributed by atoms with Crippen LogP contribution in [-0.4, -0.2) is 60.9 Å². The quantitative estimate of drug-likeness (QED) is 0.705. The van der Waals surface area contributed by atoms with Crippen LogP contribution in [0.4, 0.5) is 5.69 Å². The molecule has 2 heterocycles. The molecule has 0 saturated carbocycles. The Bertz CT molecular complexity index is 892. The second-order valence-corrected chi connectivity index (χ2v) is 8.31. The zero-order valence-corrected chi connectivity index (χ0v) is 18.1. The second-order valence-electron chi connectivity index (χ2n) is 8.31. The van der Waals surface area contributed by atoms with Crippen molar-refractivity contribution in [3.8, 4) is 0 Å². The Morgan fingerprint density at radius 1 is 0.677 bits per heavy atom. The first-order valence-corrected chi connectivity index (χ1v) is 11.4. The molecule has 2 aromatic rings. The fraction of sp³-hybridized carbons (Fsp3) is 0.385. The molecule has 2 aliphatic heterocycles. The van der Waals surface area contributed by atoms with Crippen LogP contribution in [0, 0.1) is 0 Å². The van der Waals surface area contributed by atoms with Crippen LogP contribution in [0.5, 0.6) is 0 Å². The molecule has 0 spiro atoms. The molecule has 0 radical (unpaired) electrons. The predicted octanol–water partition coefficient (Wildman–Crippen LogP) is 4.06. The van der Waals surface area contributed by atoms with Crippen molar-refractivity contribution in [3.63, 3.8) is 0 Å². The molecule has 0 bridgehead atoms. The van der Waals surface area contributed by atoms with Gasteiger partial charge in [0.25, 0.3) is 5.91 Å². The molecule has 0 aromatic heterocycles. The number of hydrogen-bond acceptors (Lipinski definition) is 3. The van der Waals surface area contributed by atoms with E-state index >= 15 is 0 Å². The summed E-state index contributed by atoms with van der Waals surface area (Å²) in [6, 6.07) is 17.8. The molecule has 5 nitrogen and oxygen atoms in total. The molecule has 0 aliphatic carbocycles. The van der Waals surface area contributed by atoms with E-state index in [1.54, 1.807) is 6.08 Å². The van der Waals surface area contributed by atoms with Crippen molar-refractivity contribution in [1.29, 1.82) is 0 Å². The fourth-order valence-corrected chi connectivity index (χ4v) is 4.29. The monoisotopic (exact) mass is 417 g/mol. The van der Waals surface area contributed by atoms with Crippen molar-refractivity contribution >= 4 is 23.6 Å². The van der Waals surface area contributed by atoms with Gasteiger partial charge in [0.1, 0.15) is 0 Å². The van der Waals surface area contributed by atoms with Gasteiger partial charge in [0, 0.05) is 56.6 Å². The highest BCUT2D eigenvalue weighted by molar-refractivity contribution is 5.95. The summed E-state index contributed by atoms with van der Waals surface area (Å²) in [5.41, 5.74) is 3.00. The average Bonchev–Trinajstić information content (AvgIpc) is 3.13. The Kier molecular flexibility index (Phi) is 7.03. The molecule has 0 atom stereocenters. The molecule has 2 aliphatic rings. The maximum atomic E-state index is 12.6. The Hall–Kier alpha value is -3.08. The number of anilines is 1. The maximum absolute atomic E-state index is 12.6. The Morgan fingerprint density at radius 3 is 1.94 bits per heavy atom. The number of rotatable bonds is 4. The van der Waals surface area contributed by atoms with E-state index in [1.807, 2.05) is 46.2 Å². The molecule has 4 rings (SSSR count). The van der Waals surface area contributed by atoms with Crippen molar-refractivity contribution in [3.05, 3.63) is 71.8 Å². The van der Waals surface area contributed by atoms with Gasteiger partial charge >= 0.3 is 0 Å². The van der Waals surface area contributed by atoms with Gasteiger partial charge in [-0.25, -0.2) is 0 Å². The summed E-state index contributed by atoms with van der Waals surface area (Å²) in [6.45, 7) is 4.53. The van der Waals surface area contributed by atoms with Gasteiger partial charge in [-0.1, -0.05) is 43.2 Å². The molecule has 5 heteroatoms. The fourth-order valence-electron chi connectivity index (χ4n) is 4.29. The highest BCUT2D eigenvalue weighted by Gasteiger charge is 2.23. The SMILES string of the molecule is O=C(C=Cc1ccc(N2CCCCCC2)cc1)N1CCN(C(=O)c2ccccc2)CC1. The number of piperazine rings is 1. The van der Waals surface area contributed by atoms with Crippen LogP contribution in [0.2, 0.25) is 0 Å². The van der Waals surface area contributed by atoms with E-state index in [1.165, 1.54) is 31.4 Å². The molecule has 2 amide bonds. The van der Waals surface area contributed by atoms with Gasteiger partial charge in [-0.05, 0) is 48.7 Å². The lowest BCUT2D eigenvalue weighted by atomic mass is 10.1. The number of nitrogens with zero attached hydrogens (tertiary/aromatic N) is 3. The zero-order chi connectivity index (χ0) is 21.5. The molecular formula is C26H31N3O2. The number of carbonyl (C=O) groups is 2. The molecule has 31 heavy (non-hydrogen) atoms. The minimum Gasteiger partial charge on any atom is -0.372 e. The summed E-state index contributed by atoms with van der Waals surface area (Å²) < 4.78 is 0. The molecule has 2 aromatic carbocycles. The van der Waals surface area contributed by atoms with E-state index in [0.717, 1.165) is 18.7 Å². The Balaban J connectivity index is 1.28. The van der Waals surface area contributed by atoms with Crippen molar-refractivity contribution in [2.45, 2.75) is 25.7 Å². The van der Waals surface area contributed by atoms with E-state index in [2.05, 4.69) is 29.2 Å². The summed E-state index contributed by atoms with van der Waals surface area (Å²) in [7, 11) is 0. The molecule has 0 unspecified atom stereocenters. The first-order chi connectivity index (χ1) is 15.2. The lowest BCUT2D eigenvalue weighted by Gasteiger charge is -2.34. The maximum Gasteiger partial charge on any atom is 0.253 e.